The summed E-state index contributed by atoms with van der Waals surface area (Å²) in [5, 5.41) is 8.00. The number of benzene rings is 1. The van der Waals surface area contributed by atoms with Crippen LogP contribution >= 0.6 is 47.3 Å². The van der Waals surface area contributed by atoms with Crippen molar-refractivity contribution in [2.24, 2.45) is 4.99 Å². The average Bonchev–Trinajstić information content (AvgIpc) is 2.74. The van der Waals surface area contributed by atoms with Gasteiger partial charge >= 0.3 is 0 Å². The molecule has 0 spiro atoms. The summed E-state index contributed by atoms with van der Waals surface area (Å²) >= 11 is 7.94. The number of rotatable bonds is 6. The van der Waals surface area contributed by atoms with Gasteiger partial charge in [-0.25, -0.2) is 0 Å². The summed E-state index contributed by atoms with van der Waals surface area (Å²) in [6, 6.07) is 8.67. The quantitative estimate of drug-likeness (QED) is 0.317. The predicted octanol–water partition coefficient (Wildman–Crippen LogP) is 4.00. The number of ether oxygens (including phenoxy) is 1. The molecule has 0 saturated carbocycles. The first kappa shape index (κ1) is 25.0. The van der Waals surface area contributed by atoms with Gasteiger partial charge in [0.05, 0.1) is 0 Å². The van der Waals surface area contributed by atoms with Crippen molar-refractivity contribution in [1.82, 2.24) is 15.5 Å². The van der Waals surface area contributed by atoms with Gasteiger partial charge in [0.25, 0.3) is 0 Å². The monoisotopic (exact) mass is 552 g/mol. The van der Waals surface area contributed by atoms with Crippen molar-refractivity contribution >= 4 is 53.3 Å². The van der Waals surface area contributed by atoms with Crippen LogP contribution in [0, 0.1) is 0 Å². The molecule has 2 saturated heterocycles. The molecule has 3 rings (SSSR count). The Balaban J connectivity index is 0.00000300. The number of hydrogen-bond acceptors (Lipinski definition) is 4. The van der Waals surface area contributed by atoms with Gasteiger partial charge in [-0.3, -0.25) is 9.89 Å². The van der Waals surface area contributed by atoms with Crippen LogP contribution in [0.4, 0.5) is 0 Å². The van der Waals surface area contributed by atoms with Gasteiger partial charge in [0.15, 0.2) is 5.96 Å². The van der Waals surface area contributed by atoms with Crippen molar-refractivity contribution in [3.05, 3.63) is 34.9 Å². The van der Waals surface area contributed by atoms with Crippen molar-refractivity contribution in [2.75, 3.05) is 46.2 Å². The Kier molecular flexibility index (Phi) is 10.9. The highest BCUT2D eigenvalue weighted by molar-refractivity contribution is 14.0. The summed E-state index contributed by atoms with van der Waals surface area (Å²) < 4.78 is 5.80. The molecule has 0 bridgehead atoms. The largest absolute Gasteiger partial charge is 0.381 e. The molecule has 2 aliphatic rings. The van der Waals surface area contributed by atoms with E-state index in [0.717, 1.165) is 76.1 Å². The van der Waals surface area contributed by atoms with Gasteiger partial charge in [0, 0.05) is 62.3 Å². The van der Waals surface area contributed by atoms with Crippen LogP contribution in [0.5, 0.6) is 0 Å². The minimum absolute atomic E-state index is 0. The molecule has 0 radical (unpaired) electrons. The fourth-order valence-corrected chi connectivity index (χ4v) is 4.83. The average molecular weight is 553 g/mol. The number of thioether (sulfide) groups is 1. The second-order valence-corrected chi connectivity index (χ2v) is 9.46. The van der Waals surface area contributed by atoms with Gasteiger partial charge in [-0.05, 0) is 49.6 Å². The van der Waals surface area contributed by atoms with Crippen molar-refractivity contribution in [2.45, 2.75) is 43.0 Å². The zero-order valence-corrected chi connectivity index (χ0v) is 21.4. The van der Waals surface area contributed by atoms with E-state index in [0.29, 0.717) is 6.04 Å². The minimum atomic E-state index is 0. The van der Waals surface area contributed by atoms with Crippen LogP contribution in [0.1, 0.15) is 31.2 Å². The van der Waals surface area contributed by atoms with E-state index in [1.807, 2.05) is 30.9 Å². The first-order chi connectivity index (χ1) is 13.6. The molecule has 0 atom stereocenters. The number of guanidine groups is 1. The molecular formula is C21H34ClIN4OS. The second-order valence-electron chi connectivity index (χ2n) is 7.75. The van der Waals surface area contributed by atoms with E-state index in [2.05, 4.69) is 38.9 Å². The summed E-state index contributed by atoms with van der Waals surface area (Å²) in [4.78, 5) is 6.97. The Morgan fingerprint density at radius 1 is 1.24 bits per heavy atom. The number of nitrogens with one attached hydrogen (secondary N) is 2. The van der Waals surface area contributed by atoms with Crippen LogP contribution in [0.3, 0.4) is 0 Å². The summed E-state index contributed by atoms with van der Waals surface area (Å²) in [6.07, 6.45) is 6.67. The number of aliphatic imine (C=N–C) groups is 1. The van der Waals surface area contributed by atoms with Crippen molar-refractivity contribution < 1.29 is 4.74 Å². The minimum Gasteiger partial charge on any atom is -0.381 e. The summed E-state index contributed by atoms with van der Waals surface area (Å²) in [5.74, 6) is 0.927. The Morgan fingerprint density at radius 3 is 2.48 bits per heavy atom. The van der Waals surface area contributed by atoms with Crippen molar-refractivity contribution in [3.63, 3.8) is 0 Å². The van der Waals surface area contributed by atoms with Gasteiger partial charge in [-0.15, -0.1) is 24.0 Å². The number of nitrogens with zero attached hydrogens (tertiary/aromatic N) is 2. The molecule has 164 valence electrons. The van der Waals surface area contributed by atoms with E-state index in [9.17, 15) is 0 Å². The summed E-state index contributed by atoms with van der Waals surface area (Å²) in [6.45, 7) is 5.86. The summed E-state index contributed by atoms with van der Waals surface area (Å²) in [5.41, 5.74) is 1.33. The maximum atomic E-state index is 5.98. The van der Waals surface area contributed by atoms with Crippen LogP contribution < -0.4 is 10.6 Å². The van der Waals surface area contributed by atoms with E-state index >= 15 is 0 Å². The Morgan fingerprint density at radius 2 is 1.90 bits per heavy atom. The number of hydrogen-bond donors (Lipinski definition) is 2. The van der Waals surface area contributed by atoms with E-state index in [-0.39, 0.29) is 28.7 Å². The first-order valence-corrected chi connectivity index (χ1v) is 11.8. The fraction of sp³-hybridized carbons (Fsp3) is 0.667. The highest BCUT2D eigenvalue weighted by Gasteiger charge is 2.32. The second kappa shape index (κ2) is 12.6. The lowest BCUT2D eigenvalue weighted by atomic mass is 9.99. The topological polar surface area (TPSA) is 48.9 Å². The molecule has 29 heavy (non-hydrogen) atoms. The van der Waals surface area contributed by atoms with E-state index in [4.69, 9.17) is 16.3 Å². The fourth-order valence-electron chi connectivity index (χ4n) is 3.91. The molecule has 0 amide bonds. The van der Waals surface area contributed by atoms with Gasteiger partial charge < -0.3 is 15.4 Å². The van der Waals surface area contributed by atoms with Crippen LogP contribution in [-0.2, 0) is 11.3 Å². The molecular weight excluding hydrogens is 519 g/mol. The van der Waals surface area contributed by atoms with Crippen LogP contribution in [0.15, 0.2) is 29.3 Å². The maximum Gasteiger partial charge on any atom is 0.191 e. The third kappa shape index (κ3) is 7.76. The van der Waals surface area contributed by atoms with E-state index in [1.165, 1.54) is 5.56 Å². The van der Waals surface area contributed by atoms with Gasteiger partial charge in [-0.2, -0.15) is 11.8 Å². The molecule has 2 aliphatic heterocycles. The smallest absolute Gasteiger partial charge is 0.191 e. The van der Waals surface area contributed by atoms with Gasteiger partial charge in [0.2, 0.25) is 0 Å². The van der Waals surface area contributed by atoms with Crippen LogP contribution in [0.2, 0.25) is 5.02 Å². The molecule has 2 heterocycles. The van der Waals surface area contributed by atoms with Crippen molar-refractivity contribution in [1.29, 1.82) is 0 Å². The van der Waals surface area contributed by atoms with Crippen LogP contribution in [0.25, 0.3) is 0 Å². The standard InChI is InChI=1S/C21H33ClN4OS.HI/c1-23-20(24-16-21(28-2)9-13-27-14-10-21)25-19-7-11-26(12-8-19)15-17-3-5-18(22)6-4-17;/h3-6,19H,7-16H2,1-2H3,(H2,23,24,25);1H. The highest BCUT2D eigenvalue weighted by Crippen LogP contribution is 2.33. The number of piperidine rings is 1. The van der Waals surface area contributed by atoms with Crippen molar-refractivity contribution in [3.8, 4) is 0 Å². The Hall–Kier alpha value is -0.220. The molecule has 5 nitrogen and oxygen atoms in total. The third-order valence-electron chi connectivity index (χ3n) is 5.89. The molecule has 2 fully saturated rings. The molecule has 1 aromatic carbocycles. The molecule has 0 aliphatic carbocycles. The normalized spacial score (nSPS) is 20.7. The molecule has 1 aromatic rings. The van der Waals surface area contributed by atoms with E-state index in [1.54, 1.807) is 0 Å². The van der Waals surface area contributed by atoms with Gasteiger partial charge in [0.1, 0.15) is 0 Å². The van der Waals surface area contributed by atoms with Gasteiger partial charge in [-0.1, -0.05) is 23.7 Å². The number of halogens is 2. The van der Waals surface area contributed by atoms with Crippen LogP contribution in [-0.4, -0.2) is 67.8 Å². The molecule has 0 unspecified atom stereocenters. The molecule has 0 aromatic heterocycles. The first-order valence-electron chi connectivity index (χ1n) is 10.2. The lowest BCUT2D eigenvalue weighted by Crippen LogP contribution is -2.52. The predicted molar refractivity (Wildman–Crippen MR) is 136 cm³/mol. The lowest BCUT2D eigenvalue weighted by Gasteiger charge is -2.37. The zero-order chi connectivity index (χ0) is 19.8. The number of likely N-dealkylation sites (tertiary alicyclic amines) is 1. The Labute approximate surface area is 201 Å². The lowest BCUT2D eigenvalue weighted by molar-refractivity contribution is 0.0782. The molecule has 2 N–H and O–H groups in total. The van der Waals surface area contributed by atoms with E-state index < -0.39 is 0 Å². The Bertz CT molecular complexity index is 632. The summed E-state index contributed by atoms with van der Waals surface area (Å²) in [7, 11) is 1.86. The highest BCUT2D eigenvalue weighted by atomic mass is 127. The zero-order valence-electron chi connectivity index (χ0n) is 17.5. The SMILES string of the molecule is CN=C(NCC1(SC)CCOCC1)NC1CCN(Cc2ccc(Cl)cc2)CC1.I. The third-order valence-corrected chi connectivity index (χ3v) is 7.56. The maximum absolute atomic E-state index is 5.98. The molecule has 8 heteroatoms.